The zero-order valence-electron chi connectivity index (χ0n) is 12.2. The third-order valence-corrected chi connectivity index (χ3v) is 3.63. The summed E-state index contributed by atoms with van der Waals surface area (Å²) in [5, 5.41) is 10.6. The van der Waals surface area contributed by atoms with E-state index in [2.05, 4.69) is 6.58 Å². The van der Waals surface area contributed by atoms with E-state index in [-0.39, 0.29) is 5.57 Å². The van der Waals surface area contributed by atoms with E-state index in [9.17, 15) is 14.7 Å². The second-order valence-electron chi connectivity index (χ2n) is 4.79. The van der Waals surface area contributed by atoms with Gasteiger partial charge in [0.15, 0.2) is 5.78 Å². The first-order valence-electron chi connectivity index (χ1n) is 6.45. The van der Waals surface area contributed by atoms with E-state index in [0.717, 1.165) is 5.56 Å². The van der Waals surface area contributed by atoms with Gasteiger partial charge in [-0.05, 0) is 23.8 Å². The van der Waals surface area contributed by atoms with Gasteiger partial charge in [-0.3, -0.25) is 14.5 Å². The molecule has 1 aromatic rings. The molecule has 1 aliphatic heterocycles. The fraction of sp³-hybridized carbons (Fsp3) is 0.125. The molecule has 0 aromatic heterocycles. The average Bonchev–Trinajstić information content (AvgIpc) is 2.50. The highest BCUT2D eigenvalue weighted by molar-refractivity contribution is 6.30. The molecule has 1 aliphatic rings. The van der Waals surface area contributed by atoms with Gasteiger partial charge in [-0.1, -0.05) is 36.4 Å². The lowest BCUT2D eigenvalue weighted by atomic mass is 10.1. The SMILES string of the molecule is C=C1N(C)C(=O)C(C(=O)/C=C/c2ccc(Cl)cc2)=C(O)N1C. The third kappa shape index (κ3) is 2.89. The Morgan fingerprint density at radius 2 is 1.82 bits per heavy atom. The summed E-state index contributed by atoms with van der Waals surface area (Å²) >= 11 is 5.78. The molecular weight excluding hydrogens is 304 g/mol. The van der Waals surface area contributed by atoms with Crippen molar-refractivity contribution in [2.45, 2.75) is 0 Å². The highest BCUT2D eigenvalue weighted by Crippen LogP contribution is 2.23. The minimum Gasteiger partial charge on any atom is -0.494 e. The zero-order chi connectivity index (χ0) is 16.4. The third-order valence-electron chi connectivity index (χ3n) is 3.38. The predicted molar refractivity (Wildman–Crippen MR) is 84.8 cm³/mol. The van der Waals surface area contributed by atoms with Crippen LogP contribution in [0.3, 0.4) is 0 Å². The molecule has 114 valence electrons. The Balaban J connectivity index is 2.30. The van der Waals surface area contributed by atoms with Gasteiger partial charge >= 0.3 is 0 Å². The minimum absolute atomic E-state index is 0.289. The normalized spacial score (nSPS) is 16.0. The summed E-state index contributed by atoms with van der Waals surface area (Å²) in [4.78, 5) is 26.9. The van der Waals surface area contributed by atoms with Gasteiger partial charge in [0.2, 0.25) is 5.88 Å². The van der Waals surface area contributed by atoms with Gasteiger partial charge in [0, 0.05) is 19.1 Å². The molecule has 1 heterocycles. The molecule has 0 aliphatic carbocycles. The van der Waals surface area contributed by atoms with Gasteiger partial charge in [0.1, 0.15) is 11.4 Å². The first kappa shape index (κ1) is 15.9. The van der Waals surface area contributed by atoms with Crippen LogP contribution in [0.2, 0.25) is 5.02 Å². The highest BCUT2D eigenvalue weighted by atomic mass is 35.5. The van der Waals surface area contributed by atoms with Crippen molar-refractivity contribution < 1.29 is 14.7 Å². The molecule has 2 rings (SSSR count). The van der Waals surface area contributed by atoms with E-state index in [1.165, 1.54) is 30.0 Å². The zero-order valence-corrected chi connectivity index (χ0v) is 13.0. The van der Waals surface area contributed by atoms with Gasteiger partial charge in [0.25, 0.3) is 5.91 Å². The Morgan fingerprint density at radius 3 is 2.41 bits per heavy atom. The Hall–Kier alpha value is -2.53. The van der Waals surface area contributed by atoms with Crippen LogP contribution in [-0.2, 0) is 9.59 Å². The molecule has 0 atom stereocenters. The van der Waals surface area contributed by atoms with Crippen LogP contribution >= 0.6 is 11.6 Å². The van der Waals surface area contributed by atoms with Crippen molar-refractivity contribution in [2.24, 2.45) is 0 Å². The number of carbonyl (C=O) groups excluding carboxylic acids is 2. The van der Waals surface area contributed by atoms with Crippen LogP contribution in [0, 0.1) is 0 Å². The van der Waals surface area contributed by atoms with Crippen LogP contribution in [0.4, 0.5) is 0 Å². The fourth-order valence-corrected chi connectivity index (χ4v) is 2.07. The highest BCUT2D eigenvalue weighted by Gasteiger charge is 2.34. The summed E-state index contributed by atoms with van der Waals surface area (Å²) in [6.45, 7) is 3.67. The van der Waals surface area contributed by atoms with Gasteiger partial charge in [0.05, 0.1) is 0 Å². The van der Waals surface area contributed by atoms with E-state index in [0.29, 0.717) is 10.8 Å². The number of hydrogen-bond acceptors (Lipinski definition) is 4. The van der Waals surface area contributed by atoms with Crippen molar-refractivity contribution in [3.8, 4) is 0 Å². The van der Waals surface area contributed by atoms with Crippen LogP contribution in [0.5, 0.6) is 0 Å². The number of likely N-dealkylation sites (N-methyl/N-ethyl adjacent to an activating group) is 1. The van der Waals surface area contributed by atoms with Gasteiger partial charge in [-0.15, -0.1) is 0 Å². The number of carbonyl (C=O) groups is 2. The Morgan fingerprint density at radius 1 is 1.23 bits per heavy atom. The van der Waals surface area contributed by atoms with E-state index < -0.39 is 17.6 Å². The molecular formula is C16H15ClN2O3. The number of benzene rings is 1. The smallest absolute Gasteiger partial charge is 0.268 e. The summed E-state index contributed by atoms with van der Waals surface area (Å²) in [5.41, 5.74) is 0.467. The van der Waals surface area contributed by atoms with Crippen molar-refractivity contribution in [2.75, 3.05) is 14.1 Å². The molecule has 1 N–H and O–H groups in total. The van der Waals surface area contributed by atoms with Gasteiger partial charge in [-0.2, -0.15) is 0 Å². The number of aliphatic hydroxyl groups excluding tert-OH is 1. The van der Waals surface area contributed by atoms with Gasteiger partial charge in [-0.25, -0.2) is 0 Å². The van der Waals surface area contributed by atoms with E-state index in [1.54, 1.807) is 30.3 Å². The molecule has 1 amide bonds. The van der Waals surface area contributed by atoms with Crippen LogP contribution in [-0.4, -0.2) is 40.7 Å². The molecule has 0 radical (unpaired) electrons. The van der Waals surface area contributed by atoms with Crippen molar-refractivity contribution in [1.29, 1.82) is 0 Å². The molecule has 0 unspecified atom stereocenters. The number of amides is 1. The summed E-state index contributed by atoms with van der Waals surface area (Å²) < 4.78 is 0. The van der Waals surface area contributed by atoms with E-state index >= 15 is 0 Å². The fourth-order valence-electron chi connectivity index (χ4n) is 1.94. The van der Waals surface area contributed by atoms with Crippen LogP contribution < -0.4 is 0 Å². The van der Waals surface area contributed by atoms with Crippen LogP contribution in [0.25, 0.3) is 6.08 Å². The molecule has 6 heteroatoms. The molecule has 5 nitrogen and oxygen atoms in total. The Labute approximate surface area is 133 Å². The Bertz CT molecular complexity index is 705. The summed E-state index contributed by atoms with van der Waals surface area (Å²) in [5.74, 6) is -1.28. The largest absolute Gasteiger partial charge is 0.494 e. The maximum atomic E-state index is 12.2. The lowest BCUT2D eigenvalue weighted by molar-refractivity contribution is -0.129. The lowest BCUT2D eigenvalue weighted by Gasteiger charge is -2.33. The number of ketones is 1. The van der Waals surface area contributed by atoms with Crippen molar-refractivity contribution in [1.82, 2.24) is 9.80 Å². The summed E-state index contributed by atoms with van der Waals surface area (Å²) in [6, 6.07) is 6.87. The van der Waals surface area contributed by atoms with Crippen LogP contribution in [0.1, 0.15) is 5.56 Å². The molecule has 0 saturated carbocycles. The number of nitrogens with zero attached hydrogens (tertiary/aromatic N) is 2. The first-order valence-corrected chi connectivity index (χ1v) is 6.82. The number of hydrogen-bond donors (Lipinski definition) is 1. The number of rotatable bonds is 3. The predicted octanol–water partition coefficient (Wildman–Crippen LogP) is 2.57. The van der Waals surface area contributed by atoms with E-state index in [4.69, 9.17) is 11.6 Å². The number of aliphatic hydroxyl groups is 1. The molecule has 1 aromatic carbocycles. The molecule has 22 heavy (non-hydrogen) atoms. The molecule has 0 saturated heterocycles. The molecule has 0 fully saturated rings. The maximum absolute atomic E-state index is 12.2. The van der Waals surface area contributed by atoms with Crippen LogP contribution in [0.15, 0.2) is 54.2 Å². The quantitative estimate of drug-likeness (QED) is 0.687. The van der Waals surface area contributed by atoms with E-state index in [1.807, 2.05) is 0 Å². The maximum Gasteiger partial charge on any atom is 0.268 e. The summed E-state index contributed by atoms with van der Waals surface area (Å²) in [6.07, 6.45) is 2.79. The first-order chi connectivity index (χ1) is 10.3. The topological polar surface area (TPSA) is 60.9 Å². The monoisotopic (exact) mass is 318 g/mol. The minimum atomic E-state index is -0.591. The average molecular weight is 319 g/mol. The lowest BCUT2D eigenvalue weighted by Crippen LogP contribution is -2.42. The second kappa shape index (κ2) is 6.07. The van der Waals surface area contributed by atoms with Gasteiger partial charge < -0.3 is 10.0 Å². The number of halogens is 1. The summed E-state index contributed by atoms with van der Waals surface area (Å²) in [7, 11) is 3.01. The van der Waals surface area contributed by atoms with Crippen molar-refractivity contribution in [3.63, 3.8) is 0 Å². The number of allylic oxidation sites excluding steroid dienone is 1. The standard InChI is InChI=1S/C16H15ClN2O3/c1-10-18(2)15(21)14(16(22)19(10)3)13(20)9-6-11-4-7-12(17)8-5-11/h4-9,21H,1H2,2-3H3/b9-6+. The molecule has 0 spiro atoms. The molecule has 0 bridgehead atoms. The second-order valence-corrected chi connectivity index (χ2v) is 5.22. The van der Waals surface area contributed by atoms with Crippen molar-refractivity contribution >= 4 is 29.4 Å². The van der Waals surface area contributed by atoms with Crippen molar-refractivity contribution in [3.05, 3.63) is 64.8 Å². The Kier molecular flexibility index (Phi) is 4.37.